The first-order valence-electron chi connectivity index (χ1n) is 10.5. The molecule has 2 heterocycles. The number of hydrogen-bond donors (Lipinski definition) is 1. The van der Waals surface area contributed by atoms with Crippen molar-refractivity contribution in [3.8, 4) is 11.3 Å². The van der Waals surface area contributed by atoms with Crippen LogP contribution in [0.3, 0.4) is 0 Å². The minimum Gasteiger partial charge on any atom is -0.386 e. The van der Waals surface area contributed by atoms with Crippen molar-refractivity contribution in [3.05, 3.63) is 88.3 Å². The summed E-state index contributed by atoms with van der Waals surface area (Å²) in [4.78, 5) is 6.34. The second-order valence-electron chi connectivity index (χ2n) is 8.29. The Bertz CT molecular complexity index is 1060. The van der Waals surface area contributed by atoms with Gasteiger partial charge in [-0.2, -0.15) is 0 Å². The van der Waals surface area contributed by atoms with Crippen molar-refractivity contribution in [1.82, 2.24) is 9.88 Å². The number of nitrogens with zero attached hydrogens (tertiary/aromatic N) is 2. The van der Waals surface area contributed by atoms with Crippen molar-refractivity contribution < 1.29 is 18.3 Å². The quantitative estimate of drug-likeness (QED) is 0.481. The molecule has 0 radical (unpaired) electrons. The average molecular weight is 461 g/mol. The van der Waals surface area contributed by atoms with Crippen LogP contribution in [0.1, 0.15) is 41.7 Å². The van der Waals surface area contributed by atoms with Crippen molar-refractivity contribution in [1.29, 1.82) is 0 Å². The highest BCUT2D eigenvalue weighted by atomic mass is 35.5. The van der Waals surface area contributed by atoms with Crippen molar-refractivity contribution in [2.75, 3.05) is 13.1 Å². The number of benzene rings is 2. The summed E-state index contributed by atoms with van der Waals surface area (Å²) < 4.78 is 41.2. The van der Waals surface area contributed by atoms with E-state index in [1.54, 1.807) is 36.5 Å². The molecule has 1 aliphatic heterocycles. The highest BCUT2D eigenvalue weighted by molar-refractivity contribution is 6.30. The zero-order valence-electron chi connectivity index (χ0n) is 17.6. The number of aryl methyl sites for hydroxylation is 1. The predicted molar refractivity (Wildman–Crippen MR) is 119 cm³/mol. The number of aliphatic hydroxyl groups is 1. The molecule has 1 aromatic heterocycles. The zero-order valence-corrected chi connectivity index (χ0v) is 18.4. The third kappa shape index (κ3) is 4.98. The van der Waals surface area contributed by atoms with E-state index >= 15 is 0 Å². The Hall–Kier alpha value is -2.41. The minimum atomic E-state index is -2.72. The second-order valence-corrected chi connectivity index (χ2v) is 8.73. The van der Waals surface area contributed by atoms with Crippen molar-refractivity contribution >= 4 is 11.6 Å². The summed E-state index contributed by atoms with van der Waals surface area (Å²) in [5.74, 6) is -3.12. The lowest BCUT2D eigenvalue weighted by molar-refractivity contribution is -0.0766. The summed E-state index contributed by atoms with van der Waals surface area (Å²) in [6, 6.07) is 14.2. The fourth-order valence-corrected chi connectivity index (χ4v) is 4.61. The summed E-state index contributed by atoms with van der Waals surface area (Å²) >= 11 is 6.25. The van der Waals surface area contributed by atoms with Gasteiger partial charge in [0.15, 0.2) is 0 Å². The maximum atomic E-state index is 13.8. The lowest BCUT2D eigenvalue weighted by Gasteiger charge is -2.40. The van der Waals surface area contributed by atoms with E-state index in [1.165, 1.54) is 12.1 Å². The fourth-order valence-electron chi connectivity index (χ4n) is 4.32. The molecule has 1 aliphatic rings. The Morgan fingerprint density at radius 3 is 2.41 bits per heavy atom. The predicted octanol–water partition coefficient (Wildman–Crippen LogP) is 6.36. The van der Waals surface area contributed by atoms with E-state index in [9.17, 15) is 18.3 Å². The van der Waals surface area contributed by atoms with Crippen LogP contribution in [0.4, 0.5) is 13.2 Å². The number of aromatic nitrogens is 1. The molecular weight excluding hydrogens is 437 g/mol. The Morgan fingerprint density at radius 1 is 1.06 bits per heavy atom. The van der Waals surface area contributed by atoms with Gasteiger partial charge in [-0.05, 0) is 54.4 Å². The Morgan fingerprint density at radius 2 is 1.75 bits per heavy atom. The summed E-state index contributed by atoms with van der Waals surface area (Å²) in [7, 11) is 0. The van der Waals surface area contributed by atoms with Crippen LogP contribution in [-0.2, 0) is 0 Å². The van der Waals surface area contributed by atoms with Gasteiger partial charge in [0.05, 0.1) is 11.7 Å². The highest BCUT2D eigenvalue weighted by Gasteiger charge is 2.39. The van der Waals surface area contributed by atoms with Gasteiger partial charge in [0.2, 0.25) is 0 Å². The Labute approximate surface area is 190 Å². The maximum Gasteiger partial charge on any atom is 0.250 e. The molecule has 3 nitrogen and oxygen atoms in total. The van der Waals surface area contributed by atoms with E-state index in [0.717, 1.165) is 11.1 Å². The molecule has 4 rings (SSSR count). The molecular formula is C25H24ClF3N2O. The number of alkyl halides is 2. The van der Waals surface area contributed by atoms with Crippen LogP contribution in [0.5, 0.6) is 0 Å². The van der Waals surface area contributed by atoms with Gasteiger partial charge in [-0.1, -0.05) is 29.8 Å². The molecule has 2 aromatic carbocycles. The first-order chi connectivity index (χ1) is 15.2. The number of rotatable bonds is 5. The zero-order chi connectivity index (χ0) is 22.9. The number of piperidine rings is 1. The fraction of sp³-hybridized carbons (Fsp3) is 0.320. The largest absolute Gasteiger partial charge is 0.386 e. The normalized spacial score (nSPS) is 18.3. The van der Waals surface area contributed by atoms with Crippen LogP contribution in [0.25, 0.3) is 11.3 Å². The molecule has 32 heavy (non-hydrogen) atoms. The van der Waals surface area contributed by atoms with Crippen LogP contribution in [0.15, 0.2) is 60.8 Å². The van der Waals surface area contributed by atoms with E-state index in [0.29, 0.717) is 21.8 Å². The van der Waals surface area contributed by atoms with Gasteiger partial charge < -0.3 is 5.11 Å². The van der Waals surface area contributed by atoms with Gasteiger partial charge in [-0.3, -0.25) is 9.88 Å². The molecule has 2 atom stereocenters. The molecule has 0 aliphatic carbocycles. The Balaban J connectivity index is 1.76. The van der Waals surface area contributed by atoms with E-state index in [2.05, 4.69) is 4.98 Å². The molecule has 0 saturated carbocycles. The van der Waals surface area contributed by atoms with Gasteiger partial charge in [-0.15, -0.1) is 0 Å². The minimum absolute atomic E-state index is 0.123. The average Bonchev–Trinajstić information content (AvgIpc) is 2.75. The monoisotopic (exact) mass is 460 g/mol. The molecule has 3 aromatic rings. The molecule has 0 bridgehead atoms. The molecule has 0 unspecified atom stereocenters. The lowest BCUT2D eigenvalue weighted by atomic mass is 9.90. The molecule has 0 amide bonds. The first-order valence-corrected chi connectivity index (χ1v) is 10.9. The third-order valence-electron chi connectivity index (χ3n) is 5.91. The van der Waals surface area contributed by atoms with Crippen molar-refractivity contribution in [2.45, 2.75) is 37.8 Å². The van der Waals surface area contributed by atoms with Gasteiger partial charge in [0.25, 0.3) is 5.92 Å². The van der Waals surface area contributed by atoms with Crippen molar-refractivity contribution in [3.63, 3.8) is 0 Å². The molecule has 7 heteroatoms. The molecule has 1 N–H and O–H groups in total. The van der Waals surface area contributed by atoms with Gasteiger partial charge in [-0.25, -0.2) is 13.2 Å². The SMILES string of the molecule is Cc1cc(Cl)cc(-c2ncccc2[C@@H](O)[C@H](c2ccc(F)cc2)N2CCC(F)(F)CC2)c1. The van der Waals surface area contributed by atoms with E-state index in [4.69, 9.17) is 11.6 Å². The maximum absolute atomic E-state index is 13.8. The van der Waals surface area contributed by atoms with Gasteiger partial charge in [0, 0.05) is 48.3 Å². The lowest BCUT2D eigenvalue weighted by Crippen LogP contribution is -2.43. The number of hydrogen-bond acceptors (Lipinski definition) is 3. The summed E-state index contributed by atoms with van der Waals surface area (Å²) in [5, 5.41) is 12.1. The van der Waals surface area contributed by atoms with E-state index in [-0.39, 0.29) is 25.9 Å². The van der Waals surface area contributed by atoms with E-state index < -0.39 is 23.9 Å². The summed E-state index contributed by atoms with van der Waals surface area (Å²) in [6.07, 6.45) is -0.0127. The molecule has 168 valence electrons. The second kappa shape index (κ2) is 9.22. The van der Waals surface area contributed by atoms with Crippen LogP contribution in [0, 0.1) is 12.7 Å². The number of pyridine rings is 1. The Kier molecular flexibility index (Phi) is 6.56. The molecule has 0 spiro atoms. The van der Waals surface area contributed by atoms with Crippen LogP contribution >= 0.6 is 11.6 Å². The van der Waals surface area contributed by atoms with Crippen LogP contribution in [0.2, 0.25) is 5.02 Å². The number of aliphatic hydroxyl groups excluding tert-OH is 1. The third-order valence-corrected chi connectivity index (χ3v) is 6.12. The summed E-state index contributed by atoms with van der Waals surface area (Å²) in [6.45, 7) is 2.17. The molecule has 1 saturated heterocycles. The topological polar surface area (TPSA) is 36.4 Å². The van der Waals surface area contributed by atoms with Crippen molar-refractivity contribution in [2.24, 2.45) is 0 Å². The standard InChI is InChI=1S/C25H24ClF3N2O/c1-16-13-18(15-19(26)14-16)22-21(3-2-10-30-22)24(32)23(17-4-6-20(27)7-5-17)31-11-8-25(28,29)9-12-31/h2-7,10,13-15,23-24,32H,8-9,11-12H2,1H3/t23-,24+/m0/s1. The van der Waals surface area contributed by atoms with Gasteiger partial charge in [0.1, 0.15) is 11.9 Å². The molecule has 1 fully saturated rings. The van der Waals surface area contributed by atoms with Crippen LogP contribution < -0.4 is 0 Å². The first kappa shape index (κ1) is 22.8. The van der Waals surface area contributed by atoms with Gasteiger partial charge >= 0.3 is 0 Å². The summed E-state index contributed by atoms with van der Waals surface area (Å²) in [5.41, 5.74) is 3.49. The van der Waals surface area contributed by atoms with Crippen LogP contribution in [-0.4, -0.2) is 34.0 Å². The number of halogens is 4. The smallest absolute Gasteiger partial charge is 0.250 e. The highest BCUT2D eigenvalue weighted by Crippen LogP contribution is 2.41. The number of likely N-dealkylation sites (tertiary alicyclic amines) is 1. The van der Waals surface area contributed by atoms with E-state index in [1.807, 2.05) is 24.0 Å².